The number of nitrogens with zero attached hydrogens (tertiary/aromatic N) is 2. The van der Waals surface area contributed by atoms with Crippen LogP contribution in [0.15, 0.2) is 48.5 Å². The lowest BCUT2D eigenvalue weighted by Gasteiger charge is -2.27. The molecule has 0 radical (unpaired) electrons. The molecule has 1 fully saturated rings. The molecular formula is C26H27N3O6. The van der Waals surface area contributed by atoms with Crippen LogP contribution < -0.4 is 5.32 Å². The van der Waals surface area contributed by atoms with Gasteiger partial charge in [-0.05, 0) is 35.1 Å². The summed E-state index contributed by atoms with van der Waals surface area (Å²) in [5, 5.41) is 30.8. The Labute approximate surface area is 202 Å². The maximum atomic E-state index is 13.1. The number of fused-ring (bicyclic) bond motifs is 3. The summed E-state index contributed by atoms with van der Waals surface area (Å²) < 4.78 is 5.53. The largest absolute Gasteiger partial charge is 0.480 e. The van der Waals surface area contributed by atoms with Gasteiger partial charge < -0.3 is 25.2 Å². The van der Waals surface area contributed by atoms with E-state index in [0.717, 1.165) is 27.2 Å². The smallest absolute Gasteiger partial charge is 0.407 e. The zero-order valence-corrected chi connectivity index (χ0v) is 19.1. The molecule has 0 aromatic heterocycles. The number of amides is 2. The number of alkyl carbamates (subject to hydrolysis) is 1. The molecule has 4 rings (SSSR count). The number of β-amino-alcohol motifs (C(OH)–C–C–N with tert-alkyl or cyclic N) is 1. The molecule has 1 aliphatic heterocycles. The van der Waals surface area contributed by atoms with Crippen LogP contribution in [0.5, 0.6) is 0 Å². The van der Waals surface area contributed by atoms with E-state index in [1.807, 2.05) is 54.6 Å². The van der Waals surface area contributed by atoms with Crippen LogP contribution in [0, 0.1) is 11.3 Å². The molecule has 0 saturated carbocycles. The van der Waals surface area contributed by atoms with Crippen molar-refractivity contribution in [3.05, 3.63) is 59.7 Å². The third kappa shape index (κ3) is 5.12. The zero-order chi connectivity index (χ0) is 24.9. The van der Waals surface area contributed by atoms with Crippen LogP contribution in [-0.4, -0.2) is 64.4 Å². The Bertz CT molecular complexity index is 1110. The van der Waals surface area contributed by atoms with Crippen molar-refractivity contribution in [2.75, 3.05) is 13.2 Å². The molecule has 1 unspecified atom stereocenters. The molecule has 2 aliphatic rings. The molecule has 0 spiro atoms. The molecule has 35 heavy (non-hydrogen) atoms. The molecule has 2 aromatic rings. The van der Waals surface area contributed by atoms with Crippen molar-refractivity contribution in [1.82, 2.24) is 10.2 Å². The number of ether oxygens (including phenoxy) is 1. The van der Waals surface area contributed by atoms with Gasteiger partial charge in [0.2, 0.25) is 5.91 Å². The lowest BCUT2D eigenvalue weighted by molar-refractivity contribution is -0.149. The van der Waals surface area contributed by atoms with Crippen molar-refractivity contribution in [3.8, 4) is 17.2 Å². The first-order valence-corrected chi connectivity index (χ1v) is 11.6. The average Bonchev–Trinajstić information content (AvgIpc) is 3.40. The van der Waals surface area contributed by atoms with Crippen LogP contribution in [0.4, 0.5) is 4.79 Å². The lowest BCUT2D eigenvalue weighted by Crippen LogP contribution is -2.52. The van der Waals surface area contributed by atoms with E-state index in [2.05, 4.69) is 5.32 Å². The summed E-state index contributed by atoms with van der Waals surface area (Å²) in [7, 11) is 0. The number of aliphatic hydroxyl groups is 1. The van der Waals surface area contributed by atoms with E-state index < -0.39 is 36.2 Å². The third-order valence-electron chi connectivity index (χ3n) is 6.56. The predicted octanol–water partition coefficient (Wildman–Crippen LogP) is 2.63. The highest BCUT2D eigenvalue weighted by Gasteiger charge is 2.41. The number of carbonyl (C=O) groups is 3. The maximum Gasteiger partial charge on any atom is 0.407 e. The van der Waals surface area contributed by atoms with E-state index in [1.54, 1.807) is 0 Å². The van der Waals surface area contributed by atoms with Gasteiger partial charge in [-0.1, -0.05) is 48.5 Å². The van der Waals surface area contributed by atoms with Crippen molar-refractivity contribution in [2.24, 2.45) is 0 Å². The van der Waals surface area contributed by atoms with Crippen LogP contribution in [-0.2, 0) is 14.3 Å². The normalized spacial score (nSPS) is 19.4. The Morgan fingerprint density at radius 3 is 2.34 bits per heavy atom. The maximum absolute atomic E-state index is 13.1. The second-order valence-corrected chi connectivity index (χ2v) is 8.81. The first-order chi connectivity index (χ1) is 16.9. The summed E-state index contributed by atoms with van der Waals surface area (Å²) in [6.45, 7) is -0.0595. The number of carboxylic acids is 1. The minimum atomic E-state index is -1.22. The molecule has 1 heterocycles. The molecule has 9 heteroatoms. The number of rotatable bonds is 8. The molecule has 1 aliphatic carbocycles. The SMILES string of the molecule is N#CCCCC(NC(=O)OCC1c2ccccc2-c2ccccc21)C(=O)N1C[C@@H](O)C[C@H]1C(=O)O. The number of unbranched alkanes of at least 4 members (excludes halogenated alkanes) is 1. The van der Waals surface area contributed by atoms with Gasteiger partial charge in [0.25, 0.3) is 0 Å². The summed E-state index contributed by atoms with van der Waals surface area (Å²) >= 11 is 0. The number of benzene rings is 2. The third-order valence-corrected chi connectivity index (χ3v) is 6.56. The number of hydrogen-bond donors (Lipinski definition) is 3. The van der Waals surface area contributed by atoms with Crippen molar-refractivity contribution >= 4 is 18.0 Å². The Balaban J connectivity index is 1.45. The Kier molecular flexibility index (Phi) is 7.32. The molecule has 3 N–H and O–H groups in total. The topological polar surface area (TPSA) is 140 Å². The van der Waals surface area contributed by atoms with Gasteiger partial charge >= 0.3 is 12.1 Å². The van der Waals surface area contributed by atoms with Crippen LogP contribution in [0.1, 0.15) is 42.7 Å². The molecule has 182 valence electrons. The van der Waals surface area contributed by atoms with Gasteiger partial charge in [0, 0.05) is 25.3 Å². The van der Waals surface area contributed by atoms with Gasteiger partial charge in [-0.2, -0.15) is 5.26 Å². The van der Waals surface area contributed by atoms with E-state index in [0.29, 0.717) is 6.42 Å². The molecular weight excluding hydrogens is 450 g/mol. The highest BCUT2D eigenvalue weighted by Crippen LogP contribution is 2.44. The summed E-state index contributed by atoms with van der Waals surface area (Å²) in [4.78, 5) is 38.5. The average molecular weight is 478 g/mol. The second kappa shape index (κ2) is 10.6. The van der Waals surface area contributed by atoms with Gasteiger partial charge in [-0.3, -0.25) is 4.79 Å². The first kappa shape index (κ1) is 24.2. The van der Waals surface area contributed by atoms with Crippen molar-refractivity contribution in [2.45, 2.75) is 49.8 Å². The fraction of sp³-hybridized carbons (Fsp3) is 0.385. The van der Waals surface area contributed by atoms with Crippen LogP contribution in [0.25, 0.3) is 11.1 Å². The second-order valence-electron chi connectivity index (χ2n) is 8.81. The van der Waals surface area contributed by atoms with Crippen molar-refractivity contribution in [3.63, 3.8) is 0 Å². The van der Waals surface area contributed by atoms with Gasteiger partial charge in [0.15, 0.2) is 0 Å². The van der Waals surface area contributed by atoms with E-state index in [1.165, 1.54) is 0 Å². The highest BCUT2D eigenvalue weighted by atomic mass is 16.5. The zero-order valence-electron chi connectivity index (χ0n) is 19.1. The molecule has 0 bridgehead atoms. The first-order valence-electron chi connectivity index (χ1n) is 11.6. The molecule has 2 aromatic carbocycles. The summed E-state index contributed by atoms with van der Waals surface area (Å²) in [5.41, 5.74) is 4.29. The Hall–Kier alpha value is -3.90. The fourth-order valence-corrected chi connectivity index (χ4v) is 4.92. The quantitative estimate of drug-likeness (QED) is 0.497. The molecule has 2 amide bonds. The number of hydrogen-bond acceptors (Lipinski definition) is 6. The number of carbonyl (C=O) groups excluding carboxylic acids is 2. The number of carboxylic acid groups (broad SMARTS) is 1. The van der Waals surface area contributed by atoms with Gasteiger partial charge in [-0.25, -0.2) is 9.59 Å². The van der Waals surface area contributed by atoms with Crippen molar-refractivity contribution in [1.29, 1.82) is 5.26 Å². The molecule has 1 saturated heterocycles. The highest BCUT2D eigenvalue weighted by molar-refractivity contribution is 5.90. The van der Waals surface area contributed by atoms with E-state index in [-0.39, 0.29) is 38.3 Å². The van der Waals surface area contributed by atoms with E-state index in [4.69, 9.17) is 10.00 Å². The van der Waals surface area contributed by atoms with E-state index >= 15 is 0 Å². The number of nitrogens with one attached hydrogen (secondary N) is 1. The van der Waals surface area contributed by atoms with Gasteiger partial charge in [0.1, 0.15) is 18.7 Å². The fourth-order valence-electron chi connectivity index (χ4n) is 4.92. The minimum Gasteiger partial charge on any atom is -0.480 e. The number of likely N-dealkylation sites (tertiary alicyclic amines) is 1. The van der Waals surface area contributed by atoms with Crippen LogP contribution >= 0.6 is 0 Å². The van der Waals surface area contributed by atoms with Crippen LogP contribution in [0.2, 0.25) is 0 Å². The monoisotopic (exact) mass is 477 g/mol. The number of aliphatic hydroxyl groups excluding tert-OH is 1. The molecule has 9 nitrogen and oxygen atoms in total. The predicted molar refractivity (Wildman–Crippen MR) is 125 cm³/mol. The van der Waals surface area contributed by atoms with Gasteiger partial charge in [0.05, 0.1) is 12.2 Å². The Morgan fingerprint density at radius 2 is 1.74 bits per heavy atom. The summed E-state index contributed by atoms with van der Waals surface area (Å²) in [5.74, 6) is -1.97. The van der Waals surface area contributed by atoms with E-state index in [9.17, 15) is 24.6 Å². The number of aliphatic carboxylic acids is 1. The Morgan fingerprint density at radius 1 is 1.11 bits per heavy atom. The van der Waals surface area contributed by atoms with Gasteiger partial charge in [-0.15, -0.1) is 0 Å². The summed E-state index contributed by atoms with van der Waals surface area (Å²) in [6, 6.07) is 15.6. The van der Waals surface area contributed by atoms with Crippen molar-refractivity contribution < 1.29 is 29.3 Å². The standard InChI is InChI=1S/C26H27N3O6/c27-12-6-5-11-22(24(31)29-14-16(30)13-23(29)25(32)33)28-26(34)35-15-21-19-9-3-1-7-17(19)18-8-2-4-10-20(18)21/h1-4,7-10,16,21-23,30H,5-6,11,13-15H2,(H,28,34)(H,32,33)/t16-,22?,23-/m0/s1. The van der Waals surface area contributed by atoms with Crippen LogP contribution in [0.3, 0.4) is 0 Å². The lowest BCUT2D eigenvalue weighted by atomic mass is 9.98. The number of nitriles is 1. The summed E-state index contributed by atoms with van der Waals surface area (Å²) in [6.07, 6.45) is -1.15. The molecule has 3 atom stereocenters. The minimum absolute atomic E-state index is 0.0686.